The average molecular weight is 447 g/mol. The minimum Gasteiger partial charge on any atom is -0.496 e. The van der Waals surface area contributed by atoms with Gasteiger partial charge in [0, 0.05) is 11.1 Å². The number of nitrogens with zero attached hydrogens (tertiary/aromatic N) is 1. The van der Waals surface area contributed by atoms with Crippen LogP contribution >= 0.6 is 0 Å². The molecular weight excluding hydrogens is 422 g/mol. The van der Waals surface area contributed by atoms with Gasteiger partial charge in [0.05, 0.1) is 13.3 Å². The highest BCUT2D eigenvalue weighted by Crippen LogP contribution is 2.32. The molecule has 3 aromatic rings. The zero-order valence-corrected chi connectivity index (χ0v) is 18.6. The first-order valence-electron chi connectivity index (χ1n) is 10.6. The van der Waals surface area contributed by atoms with E-state index in [9.17, 15) is 9.59 Å². The Bertz CT molecular complexity index is 1220. The van der Waals surface area contributed by atoms with Gasteiger partial charge in [0.1, 0.15) is 11.8 Å². The molecule has 0 fully saturated rings. The Morgan fingerprint density at radius 3 is 2.64 bits per heavy atom. The van der Waals surface area contributed by atoms with Crippen LogP contribution in [0.25, 0.3) is 10.8 Å². The fourth-order valence-corrected chi connectivity index (χ4v) is 3.61. The number of hydrazone groups is 1. The number of nitrogens with one attached hydrogen (secondary N) is 2. The SMILES string of the molecule is COc1ccc2ccccc2c1/C=N/NC(=O)C(NC(=O)c1ccc2c(c1)OCO2)C(C)C. The van der Waals surface area contributed by atoms with Crippen molar-refractivity contribution >= 4 is 28.8 Å². The van der Waals surface area contributed by atoms with Crippen molar-refractivity contribution in [2.24, 2.45) is 11.0 Å². The number of carbonyl (C=O) groups excluding carboxylic acids is 2. The molecule has 33 heavy (non-hydrogen) atoms. The van der Waals surface area contributed by atoms with Gasteiger partial charge in [-0.1, -0.05) is 44.2 Å². The zero-order chi connectivity index (χ0) is 23.4. The lowest BCUT2D eigenvalue weighted by Crippen LogP contribution is -2.48. The van der Waals surface area contributed by atoms with Crippen LogP contribution in [0.15, 0.2) is 59.7 Å². The molecule has 3 aromatic carbocycles. The van der Waals surface area contributed by atoms with Crippen LogP contribution in [-0.4, -0.2) is 38.0 Å². The third kappa shape index (κ3) is 4.74. The molecule has 0 radical (unpaired) electrons. The van der Waals surface area contributed by atoms with Gasteiger partial charge in [-0.15, -0.1) is 0 Å². The molecule has 2 N–H and O–H groups in total. The standard InChI is InChI=1S/C25H25N3O5/c1-15(2)23(27-24(29)17-9-11-21-22(12-17)33-14-32-21)25(30)28-26-13-19-18-7-5-4-6-16(18)8-10-20(19)31-3/h4-13,15,23H,14H2,1-3H3,(H,27,29)(H,28,30)/b26-13+. The molecule has 0 saturated heterocycles. The number of rotatable bonds is 7. The van der Waals surface area contributed by atoms with Crippen LogP contribution in [0.4, 0.5) is 0 Å². The van der Waals surface area contributed by atoms with E-state index in [1.54, 1.807) is 31.5 Å². The van der Waals surface area contributed by atoms with Gasteiger partial charge in [-0.2, -0.15) is 5.10 Å². The number of carbonyl (C=O) groups is 2. The molecule has 1 unspecified atom stereocenters. The number of ether oxygens (including phenoxy) is 3. The Hall–Kier alpha value is -4.07. The van der Waals surface area contributed by atoms with Crippen LogP contribution < -0.4 is 25.0 Å². The molecule has 2 amide bonds. The Balaban J connectivity index is 1.48. The summed E-state index contributed by atoms with van der Waals surface area (Å²) in [5.74, 6) is 0.759. The molecule has 4 rings (SSSR count). The van der Waals surface area contributed by atoms with E-state index < -0.39 is 11.9 Å². The Morgan fingerprint density at radius 1 is 1.06 bits per heavy atom. The topological polar surface area (TPSA) is 98.2 Å². The second kappa shape index (κ2) is 9.60. The van der Waals surface area contributed by atoms with Crippen molar-refractivity contribution in [2.45, 2.75) is 19.9 Å². The zero-order valence-electron chi connectivity index (χ0n) is 18.6. The minimum absolute atomic E-state index is 0.122. The van der Waals surface area contributed by atoms with Crippen LogP contribution in [0.1, 0.15) is 29.8 Å². The van der Waals surface area contributed by atoms with E-state index in [4.69, 9.17) is 14.2 Å². The van der Waals surface area contributed by atoms with E-state index in [1.807, 2.05) is 50.2 Å². The van der Waals surface area contributed by atoms with Crippen LogP contribution in [0.3, 0.4) is 0 Å². The summed E-state index contributed by atoms with van der Waals surface area (Å²) < 4.78 is 16.0. The summed E-state index contributed by atoms with van der Waals surface area (Å²) in [5, 5.41) is 8.90. The molecule has 8 heteroatoms. The monoisotopic (exact) mass is 447 g/mol. The maximum absolute atomic E-state index is 12.8. The number of amides is 2. The van der Waals surface area contributed by atoms with Crippen LogP contribution in [-0.2, 0) is 4.79 Å². The first kappa shape index (κ1) is 22.1. The highest BCUT2D eigenvalue weighted by molar-refractivity contribution is 6.03. The van der Waals surface area contributed by atoms with Crippen molar-refractivity contribution in [3.8, 4) is 17.2 Å². The maximum atomic E-state index is 12.8. The molecule has 0 aliphatic carbocycles. The Morgan fingerprint density at radius 2 is 1.85 bits per heavy atom. The van der Waals surface area contributed by atoms with Gasteiger partial charge < -0.3 is 19.5 Å². The van der Waals surface area contributed by atoms with Crippen molar-refractivity contribution in [1.82, 2.24) is 10.7 Å². The molecule has 8 nitrogen and oxygen atoms in total. The van der Waals surface area contributed by atoms with Crippen molar-refractivity contribution in [3.63, 3.8) is 0 Å². The fourth-order valence-electron chi connectivity index (χ4n) is 3.61. The molecule has 1 heterocycles. The number of hydrogen-bond donors (Lipinski definition) is 2. The first-order valence-corrected chi connectivity index (χ1v) is 10.6. The largest absolute Gasteiger partial charge is 0.496 e. The van der Waals surface area contributed by atoms with E-state index in [0.29, 0.717) is 22.8 Å². The molecule has 1 aliphatic heterocycles. The van der Waals surface area contributed by atoms with Crippen LogP contribution in [0.5, 0.6) is 17.2 Å². The van der Waals surface area contributed by atoms with Crippen LogP contribution in [0.2, 0.25) is 0 Å². The number of benzene rings is 3. The predicted molar refractivity (Wildman–Crippen MR) is 125 cm³/mol. The van der Waals surface area contributed by atoms with Crippen molar-refractivity contribution in [2.75, 3.05) is 13.9 Å². The summed E-state index contributed by atoms with van der Waals surface area (Å²) in [7, 11) is 1.58. The lowest BCUT2D eigenvalue weighted by molar-refractivity contribution is -0.123. The quantitative estimate of drug-likeness (QED) is 0.427. The summed E-state index contributed by atoms with van der Waals surface area (Å²) in [6, 6.07) is 15.8. The summed E-state index contributed by atoms with van der Waals surface area (Å²) >= 11 is 0. The second-order valence-corrected chi connectivity index (χ2v) is 7.90. The molecule has 1 aliphatic rings. The molecule has 0 aromatic heterocycles. The van der Waals surface area contributed by atoms with E-state index >= 15 is 0 Å². The molecule has 0 bridgehead atoms. The highest BCUT2D eigenvalue weighted by atomic mass is 16.7. The smallest absolute Gasteiger partial charge is 0.262 e. The lowest BCUT2D eigenvalue weighted by Gasteiger charge is -2.20. The van der Waals surface area contributed by atoms with Gasteiger partial charge in [0.2, 0.25) is 6.79 Å². The van der Waals surface area contributed by atoms with Gasteiger partial charge in [-0.05, 0) is 41.0 Å². The fraction of sp³-hybridized carbons (Fsp3) is 0.240. The average Bonchev–Trinajstić information content (AvgIpc) is 3.30. The second-order valence-electron chi connectivity index (χ2n) is 7.90. The number of fused-ring (bicyclic) bond motifs is 2. The van der Waals surface area contributed by atoms with Crippen molar-refractivity contribution in [1.29, 1.82) is 0 Å². The van der Waals surface area contributed by atoms with Crippen molar-refractivity contribution < 1.29 is 23.8 Å². The predicted octanol–water partition coefficient (Wildman–Crippen LogP) is 3.48. The van der Waals surface area contributed by atoms with E-state index in [2.05, 4.69) is 15.8 Å². The minimum atomic E-state index is -0.783. The van der Waals surface area contributed by atoms with Gasteiger partial charge in [-0.25, -0.2) is 5.43 Å². The van der Waals surface area contributed by atoms with Gasteiger partial charge in [-0.3, -0.25) is 9.59 Å². The molecular formula is C25H25N3O5. The van der Waals surface area contributed by atoms with Gasteiger partial charge in [0.25, 0.3) is 11.8 Å². The summed E-state index contributed by atoms with van der Waals surface area (Å²) in [5.41, 5.74) is 3.67. The van der Waals surface area contributed by atoms with E-state index in [1.165, 1.54) is 0 Å². The van der Waals surface area contributed by atoms with Crippen molar-refractivity contribution in [3.05, 3.63) is 65.7 Å². The highest BCUT2D eigenvalue weighted by Gasteiger charge is 2.25. The Kier molecular flexibility index (Phi) is 6.44. The third-order valence-electron chi connectivity index (χ3n) is 5.39. The first-order chi connectivity index (χ1) is 16.0. The van der Waals surface area contributed by atoms with Gasteiger partial charge >= 0.3 is 0 Å². The van der Waals surface area contributed by atoms with E-state index in [0.717, 1.165) is 16.3 Å². The molecule has 0 spiro atoms. The summed E-state index contributed by atoms with van der Waals surface area (Å²) in [6.07, 6.45) is 1.55. The number of hydrogen-bond acceptors (Lipinski definition) is 6. The van der Waals surface area contributed by atoms with Crippen LogP contribution in [0, 0.1) is 5.92 Å². The normalized spacial score (nSPS) is 13.3. The molecule has 0 saturated carbocycles. The molecule has 1 atom stereocenters. The summed E-state index contributed by atoms with van der Waals surface area (Å²) in [4.78, 5) is 25.6. The van der Waals surface area contributed by atoms with Gasteiger partial charge in [0.15, 0.2) is 11.5 Å². The summed E-state index contributed by atoms with van der Waals surface area (Å²) in [6.45, 7) is 3.82. The Labute approximate surface area is 191 Å². The number of methoxy groups -OCH3 is 1. The molecule has 170 valence electrons. The van der Waals surface area contributed by atoms with E-state index in [-0.39, 0.29) is 18.6 Å². The third-order valence-corrected chi connectivity index (χ3v) is 5.39. The maximum Gasteiger partial charge on any atom is 0.262 e. The lowest BCUT2D eigenvalue weighted by atomic mass is 10.0.